The van der Waals surface area contributed by atoms with Gasteiger partial charge in [0.25, 0.3) is 0 Å². The molecule has 0 saturated heterocycles. The molecule has 19 heavy (non-hydrogen) atoms. The van der Waals surface area contributed by atoms with E-state index in [1.807, 2.05) is 41.5 Å². The molecule has 0 spiro atoms. The molecule has 0 heterocycles. The van der Waals surface area contributed by atoms with Gasteiger partial charge in [0.1, 0.15) is 0 Å². The maximum Gasteiger partial charge on any atom is 0.752 e. The van der Waals surface area contributed by atoms with Gasteiger partial charge in [-0.1, -0.05) is 6.08 Å². The molecule has 0 aromatic rings. The molecule has 0 fully saturated rings. The Kier molecular flexibility index (Phi) is 8.16. The summed E-state index contributed by atoms with van der Waals surface area (Å²) in [6, 6.07) is 0. The van der Waals surface area contributed by atoms with Gasteiger partial charge in [-0.25, -0.2) is 4.79 Å². The lowest BCUT2D eigenvalue weighted by atomic mass is 10.5. The van der Waals surface area contributed by atoms with Crippen LogP contribution in [0.15, 0.2) is 12.2 Å². The van der Waals surface area contributed by atoms with Crippen molar-refractivity contribution in [3.63, 3.8) is 0 Å². The van der Waals surface area contributed by atoms with Crippen molar-refractivity contribution in [2.45, 2.75) is 66.8 Å². The van der Waals surface area contributed by atoms with Gasteiger partial charge < -0.3 is 17.7 Å². The van der Waals surface area contributed by atoms with Crippen LogP contribution in [0.3, 0.4) is 0 Å². The van der Waals surface area contributed by atoms with E-state index in [1.165, 1.54) is 6.08 Å². The third-order valence-electron chi connectivity index (χ3n) is 1.67. The van der Waals surface area contributed by atoms with Crippen molar-refractivity contribution in [2.24, 2.45) is 0 Å². The molecule has 0 aromatic carbocycles. The van der Waals surface area contributed by atoms with Gasteiger partial charge in [0.05, 0.1) is 0 Å². The summed E-state index contributed by atoms with van der Waals surface area (Å²) in [5.41, 5.74) is 0. The summed E-state index contributed by atoms with van der Waals surface area (Å²) in [4.78, 5) is 11.7. The van der Waals surface area contributed by atoms with E-state index in [2.05, 4.69) is 0 Å². The van der Waals surface area contributed by atoms with Gasteiger partial charge in [0, 0.05) is 24.4 Å². The van der Waals surface area contributed by atoms with E-state index < -0.39 is 15.0 Å². The van der Waals surface area contributed by atoms with Crippen molar-refractivity contribution in [3.8, 4) is 0 Å². The Morgan fingerprint density at radius 1 is 0.895 bits per heavy atom. The van der Waals surface area contributed by atoms with E-state index in [-0.39, 0.29) is 18.3 Å². The minimum absolute atomic E-state index is 0.164. The second-order valence-corrected chi connectivity index (χ2v) is 6.83. The van der Waals surface area contributed by atoms with E-state index in [0.717, 1.165) is 0 Å². The number of rotatable bonds is 8. The molecule has 0 aliphatic carbocycles. The molecule has 0 bridgehead atoms. The number of carbonyl (C=O) groups excluding carboxylic acids is 1. The van der Waals surface area contributed by atoms with Crippen LogP contribution in [0.4, 0.5) is 0 Å². The van der Waals surface area contributed by atoms with Gasteiger partial charge >= 0.3 is 15.0 Å². The average molecular weight is 290 g/mol. The first-order chi connectivity index (χ1) is 8.70. The molecule has 112 valence electrons. The average Bonchev–Trinajstić information content (AvgIpc) is 2.12. The van der Waals surface area contributed by atoms with Crippen LogP contribution in [0.5, 0.6) is 0 Å². The van der Waals surface area contributed by atoms with Crippen LogP contribution in [0.25, 0.3) is 0 Å². The van der Waals surface area contributed by atoms with Crippen LogP contribution in [0.2, 0.25) is 0 Å². The summed E-state index contributed by atoms with van der Waals surface area (Å²) >= 11 is 0. The third-order valence-corrected chi connectivity index (χ3v) is 4.40. The van der Waals surface area contributed by atoms with Crippen LogP contribution in [-0.4, -0.2) is 33.3 Å². The Balaban J connectivity index is 5.14. The fourth-order valence-corrected chi connectivity index (χ4v) is 3.67. The highest BCUT2D eigenvalue weighted by atomic mass is 28.4. The van der Waals surface area contributed by atoms with Crippen molar-refractivity contribution in [1.82, 2.24) is 0 Å². The van der Waals surface area contributed by atoms with Crippen LogP contribution < -0.4 is 0 Å². The highest BCUT2D eigenvalue weighted by molar-refractivity contribution is 6.56. The van der Waals surface area contributed by atoms with Gasteiger partial charge in [0.2, 0.25) is 0 Å². The lowest BCUT2D eigenvalue weighted by molar-refractivity contribution is -0.143. The maximum absolute atomic E-state index is 11.7. The minimum Gasteiger partial charge on any atom is -0.449 e. The molecule has 0 radical (unpaired) electrons. The molecule has 0 rings (SSSR count). The molecule has 6 heteroatoms. The molecule has 0 aliphatic heterocycles. The van der Waals surface area contributed by atoms with Gasteiger partial charge in [0.15, 0.2) is 0 Å². The summed E-state index contributed by atoms with van der Waals surface area (Å²) in [5.74, 6) is -0.517. The first kappa shape index (κ1) is 18.3. The Bertz CT molecular complexity index is 273. The number of allylic oxidation sites excluding steroid dienone is 1. The van der Waals surface area contributed by atoms with Crippen LogP contribution in [0.1, 0.15) is 48.5 Å². The third kappa shape index (κ3) is 8.15. The van der Waals surface area contributed by atoms with Crippen LogP contribution in [0, 0.1) is 0 Å². The first-order valence-corrected chi connectivity index (χ1v) is 8.23. The fourth-order valence-electron chi connectivity index (χ4n) is 1.31. The monoisotopic (exact) mass is 290 g/mol. The quantitative estimate of drug-likeness (QED) is 0.508. The van der Waals surface area contributed by atoms with E-state index >= 15 is 0 Å². The molecule has 0 saturated carbocycles. The lowest BCUT2D eigenvalue weighted by Gasteiger charge is -2.31. The highest BCUT2D eigenvalue weighted by Crippen LogP contribution is 2.19. The summed E-state index contributed by atoms with van der Waals surface area (Å²) in [7, 11) is -3.49. The van der Waals surface area contributed by atoms with Crippen molar-refractivity contribution in [2.75, 3.05) is 0 Å². The van der Waals surface area contributed by atoms with Crippen molar-refractivity contribution < 1.29 is 22.5 Å². The van der Waals surface area contributed by atoms with E-state index in [0.29, 0.717) is 0 Å². The topological polar surface area (TPSA) is 54.0 Å². The molecular formula is C13H26O5Si. The zero-order chi connectivity index (χ0) is 15.1. The van der Waals surface area contributed by atoms with Gasteiger partial charge in [-0.3, -0.25) is 0 Å². The van der Waals surface area contributed by atoms with Gasteiger partial charge in [-0.2, -0.15) is 0 Å². The van der Waals surface area contributed by atoms with Gasteiger partial charge in [-0.05, 0) is 48.5 Å². The minimum atomic E-state index is -3.49. The summed E-state index contributed by atoms with van der Waals surface area (Å²) in [6.07, 6.45) is 2.42. The second kappa shape index (κ2) is 8.47. The van der Waals surface area contributed by atoms with Crippen LogP contribution >= 0.6 is 0 Å². The Morgan fingerprint density at radius 3 is 1.53 bits per heavy atom. The second-order valence-electron chi connectivity index (χ2n) is 4.92. The van der Waals surface area contributed by atoms with Crippen molar-refractivity contribution in [1.29, 1.82) is 0 Å². The number of hydrogen-bond acceptors (Lipinski definition) is 5. The number of hydrogen-bond donors (Lipinski definition) is 0. The smallest absolute Gasteiger partial charge is 0.449 e. The summed E-state index contributed by atoms with van der Waals surface area (Å²) in [5, 5.41) is 0. The zero-order valence-electron chi connectivity index (χ0n) is 12.9. The fraction of sp³-hybridized carbons (Fsp3) is 0.769. The van der Waals surface area contributed by atoms with Crippen LogP contribution in [-0.2, 0) is 22.5 Å². The zero-order valence-corrected chi connectivity index (χ0v) is 13.9. The largest absolute Gasteiger partial charge is 0.752 e. The molecule has 0 atom stereocenters. The summed E-state index contributed by atoms with van der Waals surface area (Å²) in [6.45, 7) is 12.8. The molecule has 0 N–H and O–H groups in total. The van der Waals surface area contributed by atoms with Gasteiger partial charge in [-0.15, -0.1) is 0 Å². The molecule has 0 unspecified atom stereocenters. The predicted molar refractivity (Wildman–Crippen MR) is 75.3 cm³/mol. The maximum atomic E-state index is 11.7. The van der Waals surface area contributed by atoms with E-state index in [9.17, 15) is 4.79 Å². The molecular weight excluding hydrogens is 264 g/mol. The molecule has 5 nitrogen and oxygen atoms in total. The first-order valence-electron chi connectivity index (χ1n) is 6.60. The Hall–Kier alpha value is -0.693. The normalized spacial score (nSPS) is 12.9. The Morgan fingerprint density at radius 2 is 1.26 bits per heavy atom. The molecule has 0 amide bonds. The lowest BCUT2D eigenvalue weighted by Crippen LogP contribution is -2.54. The van der Waals surface area contributed by atoms with Crippen molar-refractivity contribution >= 4 is 15.0 Å². The predicted octanol–water partition coefficient (Wildman–Crippen LogP) is 2.82. The Labute approximate surface area is 117 Å². The highest BCUT2D eigenvalue weighted by Gasteiger charge is 2.52. The SMILES string of the molecule is CC=CC(=O)O[Si](OC(C)C)(OC(C)C)OC(C)C. The number of carbonyl (C=O) groups is 1. The molecule has 0 aromatic heterocycles. The molecule has 0 aliphatic rings. The standard InChI is InChI=1S/C13H26O5Si/c1-8-9-13(14)18-19(15-10(2)3,16-11(4)5)17-12(6)7/h8-12H,1-7H3. The van der Waals surface area contributed by atoms with Crippen molar-refractivity contribution in [3.05, 3.63) is 12.2 Å². The van der Waals surface area contributed by atoms with E-state index in [1.54, 1.807) is 13.0 Å². The van der Waals surface area contributed by atoms with E-state index in [4.69, 9.17) is 17.7 Å². The summed E-state index contributed by atoms with van der Waals surface area (Å²) < 4.78 is 22.4.